The van der Waals surface area contributed by atoms with E-state index in [2.05, 4.69) is 4.52 Å². The van der Waals surface area contributed by atoms with Crippen LogP contribution in [-0.2, 0) is 9.32 Å². The van der Waals surface area contributed by atoms with E-state index < -0.39 is 12.1 Å². The number of carbonyl (C=O) groups excluding carboxylic acids is 1. The molecular weight excluding hydrogens is 127 g/mol. The van der Waals surface area contributed by atoms with Crippen LogP contribution in [0.5, 0.6) is 0 Å². The molecule has 0 heterocycles. The van der Waals surface area contributed by atoms with Gasteiger partial charge in [0, 0.05) is 0 Å². The van der Waals surface area contributed by atoms with E-state index in [-0.39, 0.29) is 0 Å². The molecule has 0 aliphatic rings. The van der Waals surface area contributed by atoms with Crippen LogP contribution in [0.2, 0.25) is 0 Å². The highest BCUT2D eigenvalue weighted by Crippen LogP contribution is 1.96. The van der Waals surface area contributed by atoms with Crippen molar-refractivity contribution in [1.29, 1.82) is 0 Å². The monoisotopic (exact) mass is 136 g/mol. The van der Waals surface area contributed by atoms with Gasteiger partial charge in [0.2, 0.25) is 0 Å². The lowest BCUT2D eigenvalue weighted by Crippen LogP contribution is -2.18. The molecule has 0 aromatic heterocycles. The van der Waals surface area contributed by atoms with Crippen molar-refractivity contribution in [2.24, 2.45) is 0 Å². The Hall–Kier alpha value is -0.140. The lowest BCUT2D eigenvalue weighted by atomic mass is 10.3. The fraction of sp³-hybridized carbons (Fsp3) is 0.750. The van der Waals surface area contributed by atoms with Gasteiger partial charge >= 0.3 is 5.97 Å². The van der Waals surface area contributed by atoms with Crippen molar-refractivity contribution in [2.45, 2.75) is 19.4 Å². The minimum atomic E-state index is -0.965. The standard InChI is InChI=1S/C4H9O3P/c1-2-3(5)4(6)7-8/h3,5H,2,8H2,1H3/t3-/m0/s1. The molecule has 4 heteroatoms. The van der Waals surface area contributed by atoms with Crippen LogP contribution < -0.4 is 0 Å². The molecular formula is C4H9O3P. The third-order valence-electron chi connectivity index (χ3n) is 0.775. The molecule has 0 aliphatic heterocycles. The first-order valence-corrected chi connectivity index (χ1v) is 2.78. The second-order valence-corrected chi connectivity index (χ2v) is 1.60. The summed E-state index contributed by atoms with van der Waals surface area (Å²) < 4.78 is 4.13. The average molecular weight is 136 g/mol. The topological polar surface area (TPSA) is 46.5 Å². The van der Waals surface area contributed by atoms with E-state index in [1.165, 1.54) is 0 Å². The zero-order chi connectivity index (χ0) is 6.57. The van der Waals surface area contributed by atoms with E-state index in [1.54, 1.807) is 16.4 Å². The lowest BCUT2D eigenvalue weighted by Gasteiger charge is -2.01. The molecule has 1 unspecified atom stereocenters. The summed E-state index contributed by atoms with van der Waals surface area (Å²) in [5, 5.41) is 8.64. The Morgan fingerprint density at radius 3 is 2.62 bits per heavy atom. The van der Waals surface area contributed by atoms with Crippen LogP contribution in [0.1, 0.15) is 13.3 Å². The summed E-state index contributed by atoms with van der Waals surface area (Å²) in [6.07, 6.45) is -0.569. The normalized spacial score (nSPS) is 12.9. The Morgan fingerprint density at radius 1 is 2.00 bits per heavy atom. The molecule has 0 radical (unpaired) electrons. The number of hydrogen-bond acceptors (Lipinski definition) is 3. The zero-order valence-corrected chi connectivity index (χ0v) is 5.78. The second-order valence-electron chi connectivity index (χ2n) is 1.36. The number of hydrogen-bond donors (Lipinski definition) is 1. The quantitative estimate of drug-likeness (QED) is 0.547. The minimum absolute atomic E-state index is 0.396. The summed E-state index contributed by atoms with van der Waals surface area (Å²) in [6, 6.07) is 0. The van der Waals surface area contributed by atoms with Crippen LogP contribution in [0.4, 0.5) is 0 Å². The number of rotatable bonds is 2. The molecule has 0 aromatic carbocycles. The smallest absolute Gasteiger partial charge is 0.337 e. The maximum Gasteiger partial charge on any atom is 0.337 e. The van der Waals surface area contributed by atoms with Crippen LogP contribution in [-0.4, -0.2) is 17.2 Å². The SMILES string of the molecule is CC[C@H](O)C(=O)OP. The van der Waals surface area contributed by atoms with Crippen molar-refractivity contribution in [3.63, 3.8) is 0 Å². The Morgan fingerprint density at radius 2 is 2.50 bits per heavy atom. The zero-order valence-electron chi connectivity index (χ0n) is 4.63. The van der Waals surface area contributed by atoms with Crippen molar-refractivity contribution in [3.8, 4) is 0 Å². The maximum absolute atomic E-state index is 10.2. The summed E-state index contributed by atoms with van der Waals surface area (Å²) in [5.74, 6) is -0.600. The fourth-order valence-electron chi connectivity index (χ4n) is 0.245. The molecule has 2 atom stereocenters. The van der Waals surface area contributed by atoms with Gasteiger partial charge in [0.25, 0.3) is 0 Å². The van der Waals surface area contributed by atoms with Crippen LogP contribution in [0.15, 0.2) is 0 Å². The predicted octanol–water partition coefficient (Wildman–Crippen LogP) is 0.0906. The van der Waals surface area contributed by atoms with Crippen molar-refractivity contribution in [2.75, 3.05) is 0 Å². The highest BCUT2D eigenvalue weighted by molar-refractivity contribution is 7.10. The van der Waals surface area contributed by atoms with Crippen molar-refractivity contribution >= 4 is 15.4 Å². The molecule has 48 valence electrons. The van der Waals surface area contributed by atoms with E-state index in [0.717, 1.165) is 0 Å². The number of aliphatic hydroxyl groups is 1. The summed E-state index contributed by atoms with van der Waals surface area (Å²) in [7, 11) is 1.78. The molecule has 0 amide bonds. The Bertz CT molecular complexity index is 83.4. The van der Waals surface area contributed by atoms with Gasteiger partial charge in [-0.15, -0.1) is 0 Å². The van der Waals surface area contributed by atoms with E-state index in [4.69, 9.17) is 5.11 Å². The Balaban J connectivity index is 3.46. The Kier molecular flexibility index (Phi) is 3.75. The van der Waals surface area contributed by atoms with Gasteiger partial charge in [-0.2, -0.15) is 0 Å². The van der Waals surface area contributed by atoms with Crippen molar-refractivity contribution in [3.05, 3.63) is 0 Å². The fourth-order valence-corrected chi connectivity index (χ4v) is 0.402. The van der Waals surface area contributed by atoms with Crippen molar-refractivity contribution < 1.29 is 14.4 Å². The van der Waals surface area contributed by atoms with Gasteiger partial charge in [0.15, 0.2) is 6.10 Å². The van der Waals surface area contributed by atoms with E-state index in [1.807, 2.05) is 0 Å². The molecule has 0 rings (SSSR count). The van der Waals surface area contributed by atoms with Gasteiger partial charge in [-0.1, -0.05) is 6.92 Å². The summed E-state index contributed by atoms with van der Waals surface area (Å²) in [5.41, 5.74) is 0. The molecule has 0 saturated carbocycles. The van der Waals surface area contributed by atoms with E-state index in [0.29, 0.717) is 6.42 Å². The predicted molar refractivity (Wildman–Crippen MR) is 32.1 cm³/mol. The Labute approximate surface area is 50.3 Å². The van der Waals surface area contributed by atoms with Gasteiger partial charge < -0.3 is 9.63 Å². The molecule has 8 heavy (non-hydrogen) atoms. The van der Waals surface area contributed by atoms with Crippen LogP contribution in [0, 0.1) is 0 Å². The van der Waals surface area contributed by atoms with Crippen molar-refractivity contribution in [1.82, 2.24) is 0 Å². The molecule has 0 aromatic rings. The molecule has 0 aliphatic carbocycles. The van der Waals surface area contributed by atoms with Crippen LogP contribution >= 0.6 is 9.47 Å². The summed E-state index contributed by atoms with van der Waals surface area (Å²) in [6.45, 7) is 1.70. The molecule has 0 fully saturated rings. The van der Waals surface area contributed by atoms with E-state index in [9.17, 15) is 4.79 Å². The van der Waals surface area contributed by atoms with Gasteiger partial charge in [-0.25, -0.2) is 4.79 Å². The first-order valence-electron chi connectivity index (χ1n) is 2.31. The van der Waals surface area contributed by atoms with E-state index >= 15 is 0 Å². The molecule has 0 spiro atoms. The van der Waals surface area contributed by atoms with Gasteiger partial charge in [0.1, 0.15) is 0 Å². The highest BCUT2D eigenvalue weighted by atomic mass is 31.0. The minimum Gasteiger partial charge on any atom is -0.450 e. The van der Waals surface area contributed by atoms with Crippen LogP contribution in [0.3, 0.4) is 0 Å². The lowest BCUT2D eigenvalue weighted by molar-refractivity contribution is -0.142. The van der Waals surface area contributed by atoms with Crippen LogP contribution in [0.25, 0.3) is 0 Å². The largest absolute Gasteiger partial charge is 0.450 e. The third kappa shape index (κ3) is 2.24. The maximum atomic E-state index is 10.2. The first kappa shape index (κ1) is 7.86. The molecule has 3 nitrogen and oxygen atoms in total. The highest BCUT2D eigenvalue weighted by Gasteiger charge is 2.10. The number of aliphatic hydroxyl groups excluding tert-OH is 1. The number of carbonyl (C=O) groups is 1. The van der Waals surface area contributed by atoms with Gasteiger partial charge in [-0.05, 0) is 6.42 Å². The molecule has 0 saturated heterocycles. The average Bonchev–Trinajstić information content (AvgIpc) is 1.84. The molecule has 0 bridgehead atoms. The van der Waals surface area contributed by atoms with Gasteiger partial charge in [-0.3, -0.25) is 0 Å². The summed E-state index contributed by atoms with van der Waals surface area (Å²) in [4.78, 5) is 10.2. The summed E-state index contributed by atoms with van der Waals surface area (Å²) >= 11 is 0. The third-order valence-corrected chi connectivity index (χ3v) is 1.01. The van der Waals surface area contributed by atoms with Gasteiger partial charge in [0.05, 0.1) is 9.47 Å². The second kappa shape index (κ2) is 3.81. The first-order chi connectivity index (χ1) is 3.72. The molecule has 1 N–H and O–H groups in total.